The van der Waals surface area contributed by atoms with Crippen LogP contribution in [-0.2, 0) is 11.3 Å². The molecular formula is C20H28N4O4. The number of nitrogens with zero attached hydrogens (tertiary/aromatic N) is 3. The van der Waals surface area contributed by atoms with Gasteiger partial charge in [-0.05, 0) is 18.9 Å². The highest BCUT2D eigenvalue weighted by molar-refractivity contribution is 5.88. The normalized spacial score (nSPS) is 28.9. The molecule has 1 aromatic rings. The number of aromatic nitrogens is 1. The third-order valence-electron chi connectivity index (χ3n) is 6.56. The standard InChI is InChI=1S/C20H28N4O4/c1-22(2)19(27)18-14(11-25)13-10-23-15(8-5-9-16(23)26)17(13)24(18)20(28)21-12-6-3-4-7-12/h5,8-9,12-14,17-18,25H,3-4,6-7,10-11H2,1-2H3,(H,21,28)/t13-,14-,17+,18-/m0/s1. The minimum atomic E-state index is -0.736. The number of amides is 3. The summed E-state index contributed by atoms with van der Waals surface area (Å²) >= 11 is 0. The van der Waals surface area contributed by atoms with Crippen LogP contribution in [-0.4, -0.2) is 64.2 Å². The second-order valence-electron chi connectivity index (χ2n) is 8.37. The summed E-state index contributed by atoms with van der Waals surface area (Å²) in [4.78, 5) is 41.7. The van der Waals surface area contributed by atoms with Crippen LogP contribution < -0.4 is 10.9 Å². The molecule has 1 saturated carbocycles. The van der Waals surface area contributed by atoms with E-state index in [1.165, 1.54) is 11.0 Å². The van der Waals surface area contributed by atoms with Gasteiger partial charge >= 0.3 is 6.03 Å². The van der Waals surface area contributed by atoms with Crippen LogP contribution in [0.25, 0.3) is 0 Å². The maximum atomic E-state index is 13.3. The molecule has 8 nitrogen and oxygen atoms in total. The zero-order chi connectivity index (χ0) is 20.0. The van der Waals surface area contributed by atoms with Gasteiger partial charge in [-0.1, -0.05) is 18.9 Å². The van der Waals surface area contributed by atoms with Crippen LogP contribution in [0.2, 0.25) is 0 Å². The number of hydrogen-bond acceptors (Lipinski definition) is 4. The predicted octanol–water partition coefficient (Wildman–Crippen LogP) is 0.552. The van der Waals surface area contributed by atoms with Gasteiger partial charge in [-0.15, -0.1) is 0 Å². The third kappa shape index (κ3) is 2.90. The quantitative estimate of drug-likeness (QED) is 0.791. The van der Waals surface area contributed by atoms with Gasteiger partial charge in [-0.2, -0.15) is 0 Å². The molecule has 152 valence electrons. The number of rotatable bonds is 3. The first-order valence-electron chi connectivity index (χ1n) is 10.0. The fraction of sp³-hybridized carbons (Fsp3) is 0.650. The number of carbonyl (C=O) groups excluding carboxylic acids is 2. The molecule has 0 spiro atoms. The molecule has 0 radical (unpaired) electrons. The number of pyridine rings is 1. The SMILES string of the molecule is CN(C)C(=O)[C@@H]1[C@@H](CO)[C@@H]2Cn3c(cccc3=O)[C@@H]2N1C(=O)NC1CCCC1. The Hall–Kier alpha value is -2.35. The van der Waals surface area contributed by atoms with Crippen molar-refractivity contribution in [1.82, 2.24) is 19.7 Å². The third-order valence-corrected chi connectivity index (χ3v) is 6.56. The molecule has 3 heterocycles. The first-order chi connectivity index (χ1) is 13.4. The fourth-order valence-corrected chi connectivity index (χ4v) is 5.23. The number of likely N-dealkylation sites (N-methyl/N-ethyl adjacent to an activating group) is 1. The van der Waals surface area contributed by atoms with Gasteiger partial charge in [-0.3, -0.25) is 9.59 Å². The number of urea groups is 1. The van der Waals surface area contributed by atoms with Crippen LogP contribution in [0.15, 0.2) is 23.0 Å². The lowest BCUT2D eigenvalue weighted by Crippen LogP contribution is -2.54. The summed E-state index contributed by atoms with van der Waals surface area (Å²) in [6.45, 7) is 0.205. The van der Waals surface area contributed by atoms with E-state index in [0.29, 0.717) is 6.54 Å². The van der Waals surface area contributed by atoms with E-state index in [9.17, 15) is 19.5 Å². The molecule has 0 unspecified atom stereocenters. The van der Waals surface area contributed by atoms with Crippen molar-refractivity contribution in [3.05, 3.63) is 34.2 Å². The molecule has 1 saturated heterocycles. The summed E-state index contributed by atoms with van der Waals surface area (Å²) in [6, 6.07) is 3.76. The van der Waals surface area contributed by atoms with Gasteiger partial charge in [0.15, 0.2) is 0 Å². The Kier molecular flexibility index (Phi) is 4.91. The monoisotopic (exact) mass is 388 g/mol. The van der Waals surface area contributed by atoms with E-state index in [4.69, 9.17) is 0 Å². The lowest BCUT2D eigenvalue weighted by Gasteiger charge is -2.33. The van der Waals surface area contributed by atoms with Gasteiger partial charge in [0.2, 0.25) is 5.91 Å². The molecule has 0 aromatic carbocycles. The van der Waals surface area contributed by atoms with Crippen molar-refractivity contribution in [2.45, 2.75) is 50.4 Å². The molecule has 1 aliphatic carbocycles. The molecule has 0 bridgehead atoms. The maximum absolute atomic E-state index is 13.3. The molecule has 2 aliphatic heterocycles. The van der Waals surface area contributed by atoms with Gasteiger partial charge in [0.05, 0.1) is 6.04 Å². The van der Waals surface area contributed by atoms with Crippen LogP contribution in [0.1, 0.15) is 37.4 Å². The van der Waals surface area contributed by atoms with E-state index in [1.807, 2.05) is 6.07 Å². The molecule has 1 aromatic heterocycles. The number of nitrogens with one attached hydrogen (secondary N) is 1. The van der Waals surface area contributed by atoms with Crippen LogP contribution in [0, 0.1) is 11.8 Å². The molecule has 8 heteroatoms. The van der Waals surface area contributed by atoms with Gasteiger partial charge in [0, 0.05) is 56.9 Å². The molecule has 3 amide bonds. The zero-order valence-electron chi connectivity index (χ0n) is 16.4. The maximum Gasteiger partial charge on any atom is 0.318 e. The number of fused-ring (bicyclic) bond motifs is 3. The summed E-state index contributed by atoms with van der Waals surface area (Å²) in [7, 11) is 3.33. The number of aliphatic hydroxyl groups is 1. The largest absolute Gasteiger partial charge is 0.396 e. The molecule has 2 fully saturated rings. The van der Waals surface area contributed by atoms with Gasteiger partial charge in [0.1, 0.15) is 6.04 Å². The zero-order valence-corrected chi connectivity index (χ0v) is 16.4. The Bertz CT molecular complexity index is 830. The van der Waals surface area contributed by atoms with E-state index >= 15 is 0 Å². The minimum Gasteiger partial charge on any atom is -0.396 e. The summed E-state index contributed by atoms with van der Waals surface area (Å²) in [5.74, 6) is -0.767. The topological polar surface area (TPSA) is 94.9 Å². The van der Waals surface area contributed by atoms with Gasteiger partial charge in [-0.25, -0.2) is 4.79 Å². The second-order valence-corrected chi connectivity index (χ2v) is 8.37. The molecule has 4 rings (SSSR count). The van der Waals surface area contributed by atoms with Gasteiger partial charge in [0.25, 0.3) is 5.56 Å². The Balaban J connectivity index is 1.75. The van der Waals surface area contributed by atoms with E-state index in [0.717, 1.165) is 31.4 Å². The van der Waals surface area contributed by atoms with Crippen molar-refractivity contribution >= 4 is 11.9 Å². The van der Waals surface area contributed by atoms with Crippen molar-refractivity contribution in [1.29, 1.82) is 0 Å². The lowest BCUT2D eigenvalue weighted by molar-refractivity contribution is -0.134. The van der Waals surface area contributed by atoms with E-state index in [2.05, 4.69) is 5.32 Å². The first-order valence-corrected chi connectivity index (χ1v) is 10.0. The van der Waals surface area contributed by atoms with Crippen molar-refractivity contribution in [2.75, 3.05) is 20.7 Å². The number of aliphatic hydroxyl groups excluding tert-OH is 1. The van der Waals surface area contributed by atoms with Gasteiger partial charge < -0.3 is 24.8 Å². The Labute approximate surface area is 164 Å². The highest BCUT2D eigenvalue weighted by Crippen LogP contribution is 2.49. The van der Waals surface area contributed by atoms with E-state index in [-0.39, 0.29) is 42.1 Å². The Morgan fingerprint density at radius 2 is 1.96 bits per heavy atom. The number of hydrogen-bond donors (Lipinski definition) is 2. The molecule has 3 aliphatic rings. The van der Waals surface area contributed by atoms with Crippen LogP contribution >= 0.6 is 0 Å². The highest BCUT2D eigenvalue weighted by Gasteiger charge is 2.57. The number of carbonyl (C=O) groups is 2. The molecule has 4 atom stereocenters. The second kappa shape index (κ2) is 7.24. The number of likely N-dealkylation sites (tertiary alicyclic amines) is 1. The minimum absolute atomic E-state index is 0.116. The average molecular weight is 388 g/mol. The van der Waals surface area contributed by atoms with E-state index in [1.54, 1.807) is 29.6 Å². The van der Waals surface area contributed by atoms with Crippen molar-refractivity contribution in [3.63, 3.8) is 0 Å². The highest BCUT2D eigenvalue weighted by atomic mass is 16.3. The Morgan fingerprint density at radius 3 is 2.61 bits per heavy atom. The Morgan fingerprint density at radius 1 is 1.25 bits per heavy atom. The molecular weight excluding hydrogens is 360 g/mol. The molecule has 2 N–H and O–H groups in total. The summed E-state index contributed by atoms with van der Waals surface area (Å²) in [5, 5.41) is 13.2. The van der Waals surface area contributed by atoms with Crippen molar-refractivity contribution in [3.8, 4) is 0 Å². The van der Waals surface area contributed by atoms with Crippen molar-refractivity contribution in [2.24, 2.45) is 11.8 Å². The fourth-order valence-electron chi connectivity index (χ4n) is 5.23. The summed E-state index contributed by atoms with van der Waals surface area (Å²) in [5.41, 5.74) is 0.627. The first kappa shape index (κ1) is 19.0. The molecule has 28 heavy (non-hydrogen) atoms. The van der Waals surface area contributed by atoms with Crippen LogP contribution in [0.4, 0.5) is 4.79 Å². The lowest BCUT2D eigenvalue weighted by atomic mass is 9.88. The smallest absolute Gasteiger partial charge is 0.318 e. The predicted molar refractivity (Wildman–Crippen MR) is 103 cm³/mol. The average Bonchev–Trinajstić information content (AvgIpc) is 3.36. The van der Waals surface area contributed by atoms with Crippen LogP contribution in [0.3, 0.4) is 0 Å². The van der Waals surface area contributed by atoms with Crippen molar-refractivity contribution < 1.29 is 14.7 Å². The van der Waals surface area contributed by atoms with Crippen LogP contribution in [0.5, 0.6) is 0 Å². The summed E-state index contributed by atoms with van der Waals surface area (Å²) in [6.07, 6.45) is 4.07. The summed E-state index contributed by atoms with van der Waals surface area (Å²) < 4.78 is 1.67. The van der Waals surface area contributed by atoms with E-state index < -0.39 is 12.0 Å².